The Morgan fingerprint density at radius 1 is 1.04 bits per heavy atom. The summed E-state index contributed by atoms with van der Waals surface area (Å²) >= 11 is 0. The van der Waals surface area contributed by atoms with Crippen LogP contribution in [-0.2, 0) is 4.74 Å². The van der Waals surface area contributed by atoms with Crippen LogP contribution in [0.15, 0.2) is 23.2 Å². The van der Waals surface area contributed by atoms with Crippen LogP contribution < -0.4 is 15.2 Å². The second-order valence-electron chi connectivity index (χ2n) is 7.38. The summed E-state index contributed by atoms with van der Waals surface area (Å²) in [5.41, 5.74) is 7.52. The highest BCUT2D eigenvalue weighted by atomic mass is 16.5. The van der Waals surface area contributed by atoms with Gasteiger partial charge in [-0.3, -0.25) is 9.89 Å². The minimum absolute atomic E-state index is 0.134. The Hall–Kier alpha value is -1.99. The number of likely N-dealkylation sites (tertiary alicyclic amines) is 1. The minimum Gasteiger partial charge on any atom is -0.493 e. The molecule has 0 saturated carbocycles. The van der Waals surface area contributed by atoms with Crippen LogP contribution in [0.4, 0.5) is 0 Å². The van der Waals surface area contributed by atoms with E-state index in [0.717, 1.165) is 56.5 Å². The fourth-order valence-corrected chi connectivity index (χ4v) is 3.96. The Bertz CT molecular complexity index is 639. The third kappa shape index (κ3) is 5.29. The van der Waals surface area contributed by atoms with Gasteiger partial charge in [0.15, 0.2) is 17.5 Å². The first-order valence-electron chi connectivity index (χ1n) is 10.3. The van der Waals surface area contributed by atoms with E-state index in [1.165, 1.54) is 25.7 Å². The lowest BCUT2D eigenvalue weighted by molar-refractivity contribution is 0.0179. The van der Waals surface area contributed by atoms with Gasteiger partial charge in [-0.25, -0.2) is 0 Å². The molecule has 7 nitrogen and oxygen atoms in total. The third-order valence-corrected chi connectivity index (χ3v) is 5.64. The normalized spacial score (nSPS) is 20.5. The average molecular weight is 391 g/mol. The van der Waals surface area contributed by atoms with Gasteiger partial charge in [0.25, 0.3) is 0 Å². The molecule has 0 spiro atoms. The maximum absolute atomic E-state index is 6.36. The van der Waals surface area contributed by atoms with Gasteiger partial charge in [-0.05, 0) is 30.5 Å². The molecule has 3 rings (SSSR count). The molecule has 156 valence electrons. The Balaban J connectivity index is 1.79. The summed E-state index contributed by atoms with van der Waals surface area (Å²) in [6.07, 6.45) is 4.95. The van der Waals surface area contributed by atoms with E-state index in [0.29, 0.717) is 12.5 Å². The second kappa shape index (κ2) is 10.5. The van der Waals surface area contributed by atoms with Crippen molar-refractivity contribution in [2.24, 2.45) is 10.7 Å². The Labute approximate surface area is 168 Å². The molecule has 2 aliphatic rings. The number of aliphatic imine (C=N–C) groups is 1. The highest BCUT2D eigenvalue weighted by molar-refractivity contribution is 5.78. The van der Waals surface area contributed by atoms with Gasteiger partial charge in [0.05, 0.1) is 40.0 Å². The van der Waals surface area contributed by atoms with E-state index in [2.05, 4.69) is 21.9 Å². The average Bonchev–Trinajstić information content (AvgIpc) is 3.04. The van der Waals surface area contributed by atoms with Crippen LogP contribution >= 0.6 is 0 Å². The van der Waals surface area contributed by atoms with Crippen LogP contribution in [0.5, 0.6) is 11.5 Å². The zero-order valence-corrected chi connectivity index (χ0v) is 17.2. The summed E-state index contributed by atoms with van der Waals surface area (Å²) < 4.78 is 16.5. The quantitative estimate of drug-likeness (QED) is 0.593. The molecule has 1 atom stereocenters. The van der Waals surface area contributed by atoms with Crippen molar-refractivity contribution in [1.29, 1.82) is 0 Å². The van der Waals surface area contributed by atoms with E-state index < -0.39 is 0 Å². The van der Waals surface area contributed by atoms with Crippen LogP contribution in [-0.4, -0.2) is 75.9 Å². The van der Waals surface area contributed by atoms with Gasteiger partial charge in [-0.2, -0.15) is 0 Å². The first kappa shape index (κ1) is 20.7. The molecule has 28 heavy (non-hydrogen) atoms. The van der Waals surface area contributed by atoms with Crippen molar-refractivity contribution >= 4 is 5.96 Å². The smallest absolute Gasteiger partial charge is 0.191 e. The molecule has 2 heterocycles. The van der Waals surface area contributed by atoms with E-state index in [9.17, 15) is 0 Å². The number of hydrogen-bond acceptors (Lipinski definition) is 5. The van der Waals surface area contributed by atoms with Crippen LogP contribution in [0.3, 0.4) is 0 Å². The highest BCUT2D eigenvalue weighted by Gasteiger charge is 2.24. The van der Waals surface area contributed by atoms with E-state index in [1.54, 1.807) is 14.2 Å². The number of nitrogens with zero attached hydrogens (tertiary/aromatic N) is 3. The van der Waals surface area contributed by atoms with E-state index in [-0.39, 0.29) is 6.04 Å². The highest BCUT2D eigenvalue weighted by Crippen LogP contribution is 2.32. The Kier molecular flexibility index (Phi) is 7.80. The zero-order valence-electron chi connectivity index (χ0n) is 17.2. The predicted octanol–water partition coefficient (Wildman–Crippen LogP) is 2.27. The standard InChI is InChI=1S/C21H34N4O3/c1-26-19-8-7-17(15-20(19)27-2)18(24-11-13-28-14-12-24)16-23-21(22)25-9-5-3-4-6-10-25/h7-8,15,18H,3-6,9-14,16H2,1-2H3,(H2,22,23). The molecule has 1 aromatic rings. The van der Waals surface area contributed by atoms with E-state index >= 15 is 0 Å². The van der Waals surface area contributed by atoms with Crippen molar-refractivity contribution in [3.63, 3.8) is 0 Å². The van der Waals surface area contributed by atoms with Crippen molar-refractivity contribution in [3.8, 4) is 11.5 Å². The topological polar surface area (TPSA) is 72.6 Å². The van der Waals surface area contributed by atoms with E-state index in [4.69, 9.17) is 24.9 Å². The zero-order chi connectivity index (χ0) is 19.8. The monoisotopic (exact) mass is 390 g/mol. The van der Waals surface area contributed by atoms with Gasteiger partial charge >= 0.3 is 0 Å². The first-order chi connectivity index (χ1) is 13.7. The maximum atomic E-state index is 6.36. The number of methoxy groups -OCH3 is 2. The molecule has 0 aromatic heterocycles. The SMILES string of the molecule is COc1ccc(C(CN=C(N)N2CCCCCC2)N2CCOCC2)cc1OC. The lowest BCUT2D eigenvalue weighted by Crippen LogP contribution is -2.42. The number of ether oxygens (including phenoxy) is 3. The van der Waals surface area contributed by atoms with Gasteiger partial charge in [0.2, 0.25) is 0 Å². The first-order valence-corrected chi connectivity index (χ1v) is 10.3. The molecule has 0 amide bonds. The Morgan fingerprint density at radius 2 is 1.71 bits per heavy atom. The van der Waals surface area contributed by atoms with Gasteiger partial charge in [-0.15, -0.1) is 0 Å². The van der Waals surface area contributed by atoms with Crippen LogP contribution in [0.1, 0.15) is 37.3 Å². The molecule has 7 heteroatoms. The third-order valence-electron chi connectivity index (χ3n) is 5.64. The van der Waals surface area contributed by atoms with Crippen LogP contribution in [0.25, 0.3) is 0 Å². The molecule has 0 radical (unpaired) electrons. The number of benzene rings is 1. The fraction of sp³-hybridized carbons (Fsp3) is 0.667. The fourth-order valence-electron chi connectivity index (χ4n) is 3.96. The molecule has 2 saturated heterocycles. The molecule has 2 N–H and O–H groups in total. The maximum Gasteiger partial charge on any atom is 0.191 e. The van der Waals surface area contributed by atoms with Gasteiger partial charge in [-0.1, -0.05) is 18.9 Å². The number of rotatable bonds is 6. The lowest BCUT2D eigenvalue weighted by atomic mass is 10.0. The summed E-state index contributed by atoms with van der Waals surface area (Å²) in [6.45, 7) is 5.90. The number of nitrogens with two attached hydrogens (primary N) is 1. The molecule has 1 unspecified atom stereocenters. The summed E-state index contributed by atoms with van der Waals surface area (Å²) in [6, 6.07) is 6.24. The van der Waals surface area contributed by atoms with Crippen LogP contribution in [0.2, 0.25) is 0 Å². The second-order valence-corrected chi connectivity index (χ2v) is 7.38. The van der Waals surface area contributed by atoms with Crippen molar-refractivity contribution in [2.45, 2.75) is 31.7 Å². The molecular weight excluding hydrogens is 356 g/mol. The van der Waals surface area contributed by atoms with Crippen molar-refractivity contribution in [1.82, 2.24) is 9.80 Å². The van der Waals surface area contributed by atoms with Gasteiger partial charge in [0, 0.05) is 26.2 Å². The number of morpholine rings is 1. The van der Waals surface area contributed by atoms with Crippen molar-refractivity contribution < 1.29 is 14.2 Å². The Morgan fingerprint density at radius 3 is 2.36 bits per heavy atom. The van der Waals surface area contributed by atoms with Gasteiger partial charge < -0.3 is 24.8 Å². The molecule has 2 fully saturated rings. The molecule has 2 aliphatic heterocycles. The molecular formula is C21H34N4O3. The van der Waals surface area contributed by atoms with Crippen molar-refractivity contribution in [2.75, 3.05) is 60.2 Å². The summed E-state index contributed by atoms with van der Waals surface area (Å²) in [7, 11) is 3.32. The summed E-state index contributed by atoms with van der Waals surface area (Å²) in [5.74, 6) is 2.14. The van der Waals surface area contributed by atoms with Crippen molar-refractivity contribution in [3.05, 3.63) is 23.8 Å². The molecule has 0 bridgehead atoms. The van der Waals surface area contributed by atoms with Gasteiger partial charge in [0.1, 0.15) is 0 Å². The number of hydrogen-bond donors (Lipinski definition) is 1. The number of guanidine groups is 1. The van der Waals surface area contributed by atoms with E-state index in [1.807, 2.05) is 6.07 Å². The molecule has 1 aromatic carbocycles. The summed E-state index contributed by atoms with van der Waals surface area (Å²) in [4.78, 5) is 9.46. The minimum atomic E-state index is 0.134. The molecule has 0 aliphatic carbocycles. The lowest BCUT2D eigenvalue weighted by Gasteiger charge is -2.34. The predicted molar refractivity (Wildman–Crippen MR) is 111 cm³/mol. The van der Waals surface area contributed by atoms with Crippen LogP contribution in [0, 0.1) is 0 Å². The largest absolute Gasteiger partial charge is 0.493 e. The summed E-state index contributed by atoms with van der Waals surface area (Å²) in [5, 5.41) is 0.